The minimum atomic E-state index is -4.64. The molecule has 184 valence electrons. The molecule has 2 heterocycles. The molecule has 0 saturated carbocycles. The highest BCUT2D eigenvalue weighted by Gasteiger charge is 2.36. The van der Waals surface area contributed by atoms with Gasteiger partial charge in [0.05, 0.1) is 17.2 Å². The summed E-state index contributed by atoms with van der Waals surface area (Å²) in [6, 6.07) is 5.71. The molecule has 2 amide bonds. The first-order valence-corrected chi connectivity index (χ1v) is 11.4. The third kappa shape index (κ3) is 5.48. The Labute approximate surface area is 196 Å². The number of hydrogen-bond acceptors (Lipinski definition) is 4. The molecule has 1 aliphatic heterocycles. The molecule has 2 unspecified atom stereocenters. The lowest BCUT2D eigenvalue weighted by Gasteiger charge is -2.37. The average molecular weight is 479 g/mol. The number of aromatic nitrogens is 2. The number of unbranched alkanes of at least 4 members (excludes halogenated alkanes) is 1. The van der Waals surface area contributed by atoms with Crippen LogP contribution in [0.1, 0.15) is 61.3 Å². The smallest absolute Gasteiger partial charge is 0.356 e. The van der Waals surface area contributed by atoms with Gasteiger partial charge >= 0.3 is 6.18 Å². The third-order valence-electron chi connectivity index (χ3n) is 6.09. The number of halogens is 3. The second-order valence-corrected chi connectivity index (χ2v) is 8.65. The van der Waals surface area contributed by atoms with E-state index in [4.69, 9.17) is 0 Å². The molecule has 0 bridgehead atoms. The van der Waals surface area contributed by atoms with Crippen molar-refractivity contribution in [2.75, 3.05) is 13.1 Å². The molecule has 10 heteroatoms. The molecule has 34 heavy (non-hydrogen) atoms. The summed E-state index contributed by atoms with van der Waals surface area (Å²) in [5.74, 6) is -1.26. The Balaban J connectivity index is 1.94. The maximum atomic E-state index is 13.6. The fourth-order valence-electron chi connectivity index (χ4n) is 4.11. The largest absolute Gasteiger partial charge is 0.418 e. The van der Waals surface area contributed by atoms with Gasteiger partial charge in [-0.1, -0.05) is 25.5 Å². The first kappa shape index (κ1) is 25.5. The highest BCUT2D eigenvalue weighted by Crippen LogP contribution is 2.33. The minimum absolute atomic E-state index is 0.117. The fraction of sp³-hybridized carbons (Fsp3) is 0.500. The fourth-order valence-corrected chi connectivity index (χ4v) is 4.11. The van der Waals surface area contributed by atoms with Crippen molar-refractivity contribution in [2.24, 2.45) is 5.92 Å². The van der Waals surface area contributed by atoms with Crippen LogP contribution in [-0.2, 0) is 11.0 Å². The second kappa shape index (κ2) is 10.4. The highest BCUT2D eigenvalue weighted by molar-refractivity contribution is 5.93. The zero-order chi connectivity index (χ0) is 25.0. The number of carbonyl (C=O) groups is 2. The van der Waals surface area contributed by atoms with Crippen LogP contribution in [0, 0.1) is 12.8 Å². The number of nitrogens with one attached hydrogen (secondary N) is 1. The summed E-state index contributed by atoms with van der Waals surface area (Å²) in [7, 11) is 0. The van der Waals surface area contributed by atoms with E-state index in [2.05, 4.69) is 10.4 Å². The SMILES string of the molecule is CCCCNC(=O)C1CCC(C)N(C(=O)c2nn(-c3ccccc3C(F)(F)F)c(C)cc2=O)C1. The molecule has 2 atom stereocenters. The molecular formula is C24H29F3N4O3. The number of benzene rings is 1. The summed E-state index contributed by atoms with van der Waals surface area (Å²) in [5, 5.41) is 6.94. The van der Waals surface area contributed by atoms with Crippen molar-refractivity contribution in [2.45, 2.75) is 58.7 Å². The normalized spacial score (nSPS) is 18.6. The number of carbonyl (C=O) groups excluding carboxylic acids is 2. The van der Waals surface area contributed by atoms with Crippen LogP contribution in [0.3, 0.4) is 0 Å². The molecule has 0 aliphatic carbocycles. The summed E-state index contributed by atoms with van der Waals surface area (Å²) in [6.45, 7) is 5.96. The van der Waals surface area contributed by atoms with E-state index >= 15 is 0 Å². The van der Waals surface area contributed by atoms with Gasteiger partial charge in [-0.15, -0.1) is 0 Å². The van der Waals surface area contributed by atoms with Crippen LogP contribution in [0.25, 0.3) is 5.69 Å². The maximum absolute atomic E-state index is 13.6. The van der Waals surface area contributed by atoms with Gasteiger partial charge in [0.15, 0.2) is 5.69 Å². The molecule has 7 nitrogen and oxygen atoms in total. The maximum Gasteiger partial charge on any atom is 0.418 e. The van der Waals surface area contributed by atoms with Crippen LogP contribution in [0.4, 0.5) is 13.2 Å². The van der Waals surface area contributed by atoms with E-state index in [-0.39, 0.29) is 29.9 Å². The van der Waals surface area contributed by atoms with E-state index in [0.717, 1.165) is 29.7 Å². The average Bonchev–Trinajstić information content (AvgIpc) is 2.78. The van der Waals surface area contributed by atoms with Gasteiger partial charge in [-0.05, 0) is 45.2 Å². The first-order valence-electron chi connectivity index (χ1n) is 11.4. The van der Waals surface area contributed by atoms with Gasteiger partial charge < -0.3 is 10.2 Å². The van der Waals surface area contributed by atoms with Crippen molar-refractivity contribution < 1.29 is 22.8 Å². The van der Waals surface area contributed by atoms with Crippen LogP contribution in [-0.4, -0.2) is 45.6 Å². The molecule has 0 radical (unpaired) electrons. The Bertz CT molecular complexity index is 1110. The number of likely N-dealkylation sites (tertiary alicyclic amines) is 1. The summed E-state index contributed by atoms with van der Waals surface area (Å²) in [6.07, 6.45) is -1.68. The van der Waals surface area contributed by atoms with Gasteiger partial charge in [0.2, 0.25) is 11.3 Å². The summed E-state index contributed by atoms with van der Waals surface area (Å²) in [4.78, 5) is 39.9. The van der Waals surface area contributed by atoms with Crippen LogP contribution >= 0.6 is 0 Å². The topological polar surface area (TPSA) is 84.3 Å². The van der Waals surface area contributed by atoms with Crippen LogP contribution < -0.4 is 10.7 Å². The third-order valence-corrected chi connectivity index (χ3v) is 6.09. The highest BCUT2D eigenvalue weighted by atomic mass is 19.4. The number of aryl methyl sites for hydroxylation is 1. The molecule has 1 aromatic heterocycles. The van der Waals surface area contributed by atoms with Crippen molar-refractivity contribution in [3.63, 3.8) is 0 Å². The quantitative estimate of drug-likeness (QED) is 0.642. The van der Waals surface area contributed by atoms with Crippen molar-refractivity contribution in [1.82, 2.24) is 20.0 Å². The van der Waals surface area contributed by atoms with E-state index in [1.165, 1.54) is 30.0 Å². The van der Waals surface area contributed by atoms with E-state index < -0.39 is 34.7 Å². The molecule has 2 aromatic rings. The molecule has 1 saturated heterocycles. The van der Waals surface area contributed by atoms with Gasteiger partial charge in [0.1, 0.15) is 0 Å². The van der Waals surface area contributed by atoms with Gasteiger partial charge in [-0.3, -0.25) is 14.4 Å². The molecule has 1 fully saturated rings. The minimum Gasteiger partial charge on any atom is -0.356 e. The number of para-hydroxylation sites is 1. The Hall–Kier alpha value is -3.17. The van der Waals surface area contributed by atoms with Crippen LogP contribution in [0.5, 0.6) is 0 Å². The number of rotatable bonds is 6. The van der Waals surface area contributed by atoms with Crippen molar-refractivity contribution in [3.8, 4) is 5.69 Å². The number of nitrogens with zero attached hydrogens (tertiary/aromatic N) is 3. The summed E-state index contributed by atoms with van der Waals surface area (Å²) in [5.41, 5.74) is -2.19. The predicted octanol–water partition coefficient (Wildman–Crippen LogP) is 3.72. The summed E-state index contributed by atoms with van der Waals surface area (Å²) >= 11 is 0. The van der Waals surface area contributed by atoms with Crippen molar-refractivity contribution in [1.29, 1.82) is 0 Å². The second-order valence-electron chi connectivity index (χ2n) is 8.65. The molecule has 1 aliphatic rings. The molecular weight excluding hydrogens is 449 g/mol. The van der Waals surface area contributed by atoms with E-state index in [1.807, 2.05) is 13.8 Å². The van der Waals surface area contributed by atoms with Crippen molar-refractivity contribution in [3.05, 3.63) is 57.5 Å². The standard InChI is InChI=1S/C24H29F3N4O3/c1-4-5-12-28-22(33)17-11-10-15(2)30(14-17)23(34)21-20(32)13-16(3)31(29-21)19-9-7-6-8-18(19)24(25,26)27/h6-9,13,15,17H,4-5,10-12,14H2,1-3H3,(H,28,33). The number of amides is 2. The lowest BCUT2D eigenvalue weighted by molar-refractivity contribution is -0.137. The number of alkyl halides is 3. The molecule has 1 N–H and O–H groups in total. The molecule has 0 spiro atoms. The monoisotopic (exact) mass is 478 g/mol. The lowest BCUT2D eigenvalue weighted by atomic mass is 9.92. The predicted molar refractivity (Wildman–Crippen MR) is 121 cm³/mol. The Morgan fingerprint density at radius 1 is 1.21 bits per heavy atom. The zero-order valence-corrected chi connectivity index (χ0v) is 19.5. The first-order chi connectivity index (χ1) is 16.0. The van der Waals surface area contributed by atoms with E-state index in [1.54, 1.807) is 0 Å². The Morgan fingerprint density at radius 2 is 1.91 bits per heavy atom. The van der Waals surface area contributed by atoms with Gasteiger partial charge in [0, 0.05) is 30.9 Å². The Kier molecular flexibility index (Phi) is 7.78. The lowest BCUT2D eigenvalue weighted by Crippen LogP contribution is -2.50. The van der Waals surface area contributed by atoms with Crippen LogP contribution in [0.15, 0.2) is 35.1 Å². The Morgan fingerprint density at radius 3 is 2.59 bits per heavy atom. The molecule has 1 aromatic carbocycles. The van der Waals surface area contributed by atoms with E-state index in [9.17, 15) is 27.6 Å². The molecule has 3 rings (SSSR count). The summed E-state index contributed by atoms with van der Waals surface area (Å²) < 4.78 is 41.7. The van der Waals surface area contributed by atoms with E-state index in [0.29, 0.717) is 19.4 Å². The van der Waals surface area contributed by atoms with Gasteiger partial charge in [0.25, 0.3) is 5.91 Å². The number of hydrogen-bond donors (Lipinski definition) is 1. The van der Waals surface area contributed by atoms with Crippen LogP contribution in [0.2, 0.25) is 0 Å². The zero-order valence-electron chi connectivity index (χ0n) is 19.5. The van der Waals surface area contributed by atoms with Crippen molar-refractivity contribution >= 4 is 11.8 Å². The van der Waals surface area contributed by atoms with Gasteiger partial charge in [-0.25, -0.2) is 4.68 Å². The van der Waals surface area contributed by atoms with Gasteiger partial charge in [-0.2, -0.15) is 18.3 Å². The number of piperidine rings is 1.